The second-order valence-electron chi connectivity index (χ2n) is 6.79. The summed E-state index contributed by atoms with van der Waals surface area (Å²) in [4.78, 5) is 0. The first kappa shape index (κ1) is 15.0. The summed E-state index contributed by atoms with van der Waals surface area (Å²) >= 11 is 0. The van der Waals surface area contributed by atoms with E-state index < -0.39 is 0 Å². The van der Waals surface area contributed by atoms with Gasteiger partial charge in [-0.05, 0) is 41.5 Å². The average Bonchev–Trinajstić information content (AvgIpc) is 3.02. The molecule has 0 saturated carbocycles. The van der Waals surface area contributed by atoms with Gasteiger partial charge in [-0.2, -0.15) is 0 Å². The molecular formula is C24H18BN. The molecule has 0 aliphatic carbocycles. The number of hydrogen-bond donors (Lipinski definition) is 0. The first-order valence-corrected chi connectivity index (χ1v) is 8.97. The van der Waals surface area contributed by atoms with E-state index in [1.165, 1.54) is 44.1 Å². The third-order valence-corrected chi connectivity index (χ3v) is 5.04. The summed E-state index contributed by atoms with van der Waals surface area (Å²) in [7, 11) is 2.16. The molecule has 2 heteroatoms. The molecule has 0 spiro atoms. The van der Waals surface area contributed by atoms with E-state index >= 15 is 0 Å². The number of hydrogen-bond acceptors (Lipinski definition) is 0. The minimum absolute atomic E-state index is 1.20. The standard InChI is InChI=1S/C24H18BN/c25-19-12-14-24-22(16-19)21-15-18(17-7-3-1-4-8-17)11-13-23(21)26(24)20-9-5-2-6-10-20/h1-16H,25H2. The molecule has 122 valence electrons. The van der Waals surface area contributed by atoms with Gasteiger partial charge in [0.15, 0.2) is 0 Å². The zero-order chi connectivity index (χ0) is 17.5. The number of benzene rings is 4. The van der Waals surface area contributed by atoms with Crippen molar-refractivity contribution in [3.05, 3.63) is 97.1 Å². The Labute approximate surface area is 153 Å². The normalized spacial score (nSPS) is 11.2. The van der Waals surface area contributed by atoms with Crippen LogP contribution in [0.25, 0.3) is 38.6 Å². The monoisotopic (exact) mass is 331 g/mol. The molecular weight excluding hydrogens is 313 g/mol. The second kappa shape index (κ2) is 5.92. The Morgan fingerprint density at radius 2 is 1.15 bits per heavy atom. The summed E-state index contributed by atoms with van der Waals surface area (Å²) in [5, 5.41) is 2.61. The molecule has 1 nitrogen and oxygen atoms in total. The molecule has 0 N–H and O–H groups in total. The Balaban J connectivity index is 1.87. The van der Waals surface area contributed by atoms with Gasteiger partial charge in [-0.15, -0.1) is 0 Å². The molecule has 0 atom stereocenters. The number of aromatic nitrogens is 1. The smallest absolute Gasteiger partial charge is 0.139 e. The maximum absolute atomic E-state index is 2.36. The number of rotatable bonds is 2. The van der Waals surface area contributed by atoms with Crippen LogP contribution in [0.2, 0.25) is 0 Å². The van der Waals surface area contributed by atoms with E-state index in [1.807, 2.05) is 0 Å². The van der Waals surface area contributed by atoms with Crippen molar-refractivity contribution in [1.29, 1.82) is 0 Å². The van der Waals surface area contributed by atoms with Crippen molar-refractivity contribution in [2.24, 2.45) is 0 Å². The molecule has 0 saturated heterocycles. The van der Waals surface area contributed by atoms with Crippen LogP contribution in [-0.4, -0.2) is 12.4 Å². The quantitative estimate of drug-likeness (QED) is 0.413. The third kappa shape index (κ3) is 2.34. The van der Waals surface area contributed by atoms with Crippen LogP contribution in [0.4, 0.5) is 0 Å². The maximum Gasteiger partial charge on any atom is 0.139 e. The van der Waals surface area contributed by atoms with E-state index in [4.69, 9.17) is 0 Å². The lowest BCUT2D eigenvalue weighted by atomic mass is 9.94. The van der Waals surface area contributed by atoms with E-state index in [-0.39, 0.29) is 0 Å². The summed E-state index contributed by atoms with van der Waals surface area (Å²) in [5.74, 6) is 0. The minimum atomic E-state index is 1.20. The molecule has 4 aromatic carbocycles. The predicted octanol–water partition coefficient (Wildman–Crippen LogP) is 4.71. The molecule has 0 amide bonds. The minimum Gasteiger partial charge on any atom is -0.309 e. The van der Waals surface area contributed by atoms with Crippen molar-refractivity contribution in [2.75, 3.05) is 0 Å². The van der Waals surface area contributed by atoms with Crippen LogP contribution in [-0.2, 0) is 0 Å². The van der Waals surface area contributed by atoms with Gasteiger partial charge in [-0.1, -0.05) is 72.2 Å². The van der Waals surface area contributed by atoms with Crippen LogP contribution in [0.1, 0.15) is 0 Å². The molecule has 0 bridgehead atoms. The fourth-order valence-electron chi connectivity index (χ4n) is 3.80. The van der Waals surface area contributed by atoms with Gasteiger partial charge in [0.1, 0.15) is 7.85 Å². The van der Waals surface area contributed by atoms with Gasteiger partial charge in [0, 0.05) is 16.5 Å². The van der Waals surface area contributed by atoms with E-state index in [0.717, 1.165) is 0 Å². The van der Waals surface area contributed by atoms with E-state index in [0.29, 0.717) is 0 Å². The molecule has 26 heavy (non-hydrogen) atoms. The first-order valence-electron chi connectivity index (χ1n) is 8.97. The second-order valence-corrected chi connectivity index (χ2v) is 6.79. The van der Waals surface area contributed by atoms with Crippen molar-refractivity contribution < 1.29 is 0 Å². The topological polar surface area (TPSA) is 4.93 Å². The Hall–Kier alpha value is -3.26. The summed E-state index contributed by atoms with van der Waals surface area (Å²) in [6, 6.07) is 34.7. The van der Waals surface area contributed by atoms with Crippen molar-refractivity contribution in [2.45, 2.75) is 0 Å². The number of fused-ring (bicyclic) bond motifs is 3. The Kier molecular flexibility index (Phi) is 3.43. The molecule has 1 aromatic heterocycles. The number of para-hydroxylation sites is 1. The van der Waals surface area contributed by atoms with Gasteiger partial charge < -0.3 is 4.57 Å². The third-order valence-electron chi connectivity index (χ3n) is 5.04. The van der Waals surface area contributed by atoms with Crippen LogP contribution in [0.3, 0.4) is 0 Å². The summed E-state index contributed by atoms with van der Waals surface area (Å²) in [6.45, 7) is 0. The summed E-state index contributed by atoms with van der Waals surface area (Å²) < 4.78 is 2.36. The fourth-order valence-corrected chi connectivity index (χ4v) is 3.80. The van der Waals surface area contributed by atoms with Crippen molar-refractivity contribution in [3.8, 4) is 16.8 Å². The van der Waals surface area contributed by atoms with Crippen LogP contribution < -0.4 is 5.46 Å². The Morgan fingerprint density at radius 3 is 1.88 bits per heavy atom. The van der Waals surface area contributed by atoms with E-state index in [2.05, 4.69) is 109 Å². The molecule has 1 heterocycles. The molecule has 0 unspecified atom stereocenters. The lowest BCUT2D eigenvalue weighted by Crippen LogP contribution is -2.00. The fraction of sp³-hybridized carbons (Fsp3) is 0. The van der Waals surface area contributed by atoms with E-state index in [9.17, 15) is 0 Å². The van der Waals surface area contributed by atoms with Gasteiger partial charge in [0.2, 0.25) is 0 Å². The zero-order valence-electron chi connectivity index (χ0n) is 14.7. The van der Waals surface area contributed by atoms with Gasteiger partial charge >= 0.3 is 0 Å². The first-order chi connectivity index (χ1) is 12.8. The van der Waals surface area contributed by atoms with Crippen molar-refractivity contribution >= 4 is 35.1 Å². The highest BCUT2D eigenvalue weighted by atomic mass is 15.0. The average molecular weight is 331 g/mol. The molecule has 5 aromatic rings. The highest BCUT2D eigenvalue weighted by Crippen LogP contribution is 2.34. The van der Waals surface area contributed by atoms with Gasteiger partial charge in [-0.25, -0.2) is 0 Å². The molecule has 0 fully saturated rings. The Bertz CT molecular complexity index is 1220. The van der Waals surface area contributed by atoms with Gasteiger partial charge in [-0.3, -0.25) is 0 Å². The highest BCUT2D eigenvalue weighted by Gasteiger charge is 2.13. The van der Waals surface area contributed by atoms with Crippen LogP contribution in [0.5, 0.6) is 0 Å². The lowest BCUT2D eigenvalue weighted by molar-refractivity contribution is 1.18. The number of nitrogens with zero attached hydrogens (tertiary/aromatic N) is 1. The van der Waals surface area contributed by atoms with Gasteiger partial charge in [0.05, 0.1) is 11.0 Å². The van der Waals surface area contributed by atoms with Crippen LogP contribution in [0.15, 0.2) is 97.1 Å². The Morgan fingerprint density at radius 1 is 0.538 bits per heavy atom. The van der Waals surface area contributed by atoms with Crippen LogP contribution in [0, 0.1) is 0 Å². The van der Waals surface area contributed by atoms with E-state index in [1.54, 1.807) is 0 Å². The molecule has 0 radical (unpaired) electrons. The maximum atomic E-state index is 2.36. The molecule has 0 aliphatic heterocycles. The predicted molar refractivity (Wildman–Crippen MR) is 114 cm³/mol. The lowest BCUT2D eigenvalue weighted by Gasteiger charge is -2.08. The SMILES string of the molecule is Bc1ccc2c(c1)c1cc(-c3ccccc3)ccc1n2-c1ccccc1. The van der Waals surface area contributed by atoms with Gasteiger partial charge in [0.25, 0.3) is 0 Å². The summed E-state index contributed by atoms with van der Waals surface area (Å²) in [6.07, 6.45) is 0. The molecule has 5 rings (SSSR count). The van der Waals surface area contributed by atoms with Crippen molar-refractivity contribution in [3.63, 3.8) is 0 Å². The van der Waals surface area contributed by atoms with Crippen LogP contribution >= 0.6 is 0 Å². The van der Waals surface area contributed by atoms with Crippen molar-refractivity contribution in [1.82, 2.24) is 4.57 Å². The largest absolute Gasteiger partial charge is 0.309 e. The molecule has 0 aliphatic rings. The summed E-state index contributed by atoms with van der Waals surface area (Å²) in [5.41, 5.74) is 7.49. The zero-order valence-corrected chi connectivity index (χ0v) is 14.7. The highest BCUT2D eigenvalue weighted by molar-refractivity contribution is 6.34.